The molecular weight excluding hydrogens is 151 g/mol. The molecule has 1 aromatic carbocycles. The highest BCUT2D eigenvalue weighted by Crippen LogP contribution is 2.35. The molecule has 0 saturated carbocycles. The van der Waals surface area contributed by atoms with Gasteiger partial charge in [0.25, 0.3) is 0 Å². The van der Waals surface area contributed by atoms with Crippen molar-refractivity contribution < 1.29 is 4.39 Å². The molecule has 0 atom stereocenters. The number of halogens is 1. The van der Waals surface area contributed by atoms with Crippen molar-refractivity contribution in [2.45, 2.75) is 19.3 Å². The largest absolute Gasteiger partial charge is 0.207 e. The van der Waals surface area contributed by atoms with E-state index in [0.29, 0.717) is 0 Å². The predicted octanol–water partition coefficient (Wildman–Crippen LogP) is 3.13. The quantitative estimate of drug-likeness (QED) is 0.549. The SMILES string of the molecule is CC1(C)C=Cc2cc(F)ccc21. The first-order valence-electron chi connectivity index (χ1n) is 4.09. The Kier molecular flexibility index (Phi) is 1.38. The molecule has 0 heterocycles. The molecule has 1 aliphatic rings. The lowest BCUT2D eigenvalue weighted by molar-refractivity contribution is 0.622. The Morgan fingerprint density at radius 2 is 2.00 bits per heavy atom. The second-order valence-corrected chi connectivity index (χ2v) is 3.79. The zero-order valence-electron chi connectivity index (χ0n) is 7.26. The maximum absolute atomic E-state index is 12.8. The van der Waals surface area contributed by atoms with Gasteiger partial charge >= 0.3 is 0 Å². The van der Waals surface area contributed by atoms with E-state index < -0.39 is 0 Å². The fourth-order valence-electron chi connectivity index (χ4n) is 1.65. The minimum absolute atomic E-state index is 0.0725. The summed E-state index contributed by atoms with van der Waals surface area (Å²) in [6.07, 6.45) is 4.09. The molecular formula is C11H11F. The third-order valence-electron chi connectivity index (χ3n) is 2.39. The van der Waals surface area contributed by atoms with Gasteiger partial charge in [-0.3, -0.25) is 0 Å². The zero-order chi connectivity index (χ0) is 8.77. The molecule has 0 radical (unpaired) electrons. The van der Waals surface area contributed by atoms with Crippen LogP contribution in [0, 0.1) is 5.82 Å². The fourth-order valence-corrected chi connectivity index (χ4v) is 1.65. The molecule has 2 rings (SSSR count). The van der Waals surface area contributed by atoms with Crippen molar-refractivity contribution in [2.75, 3.05) is 0 Å². The maximum atomic E-state index is 12.8. The molecule has 0 nitrogen and oxygen atoms in total. The average Bonchev–Trinajstić information content (AvgIpc) is 2.27. The monoisotopic (exact) mass is 162 g/mol. The van der Waals surface area contributed by atoms with Crippen LogP contribution < -0.4 is 0 Å². The van der Waals surface area contributed by atoms with Crippen LogP contribution in [0.2, 0.25) is 0 Å². The lowest BCUT2D eigenvalue weighted by Crippen LogP contribution is -2.10. The van der Waals surface area contributed by atoms with E-state index in [4.69, 9.17) is 0 Å². The minimum atomic E-state index is -0.156. The van der Waals surface area contributed by atoms with Gasteiger partial charge in [0, 0.05) is 5.41 Å². The van der Waals surface area contributed by atoms with Crippen molar-refractivity contribution in [1.29, 1.82) is 0 Å². The van der Waals surface area contributed by atoms with Crippen LogP contribution >= 0.6 is 0 Å². The predicted molar refractivity (Wildman–Crippen MR) is 48.5 cm³/mol. The number of hydrogen-bond donors (Lipinski definition) is 0. The molecule has 0 aromatic heterocycles. The van der Waals surface area contributed by atoms with Crippen LogP contribution in [0.15, 0.2) is 24.3 Å². The molecule has 1 aliphatic carbocycles. The zero-order valence-corrected chi connectivity index (χ0v) is 7.26. The average molecular weight is 162 g/mol. The first-order chi connectivity index (χ1) is 5.59. The Morgan fingerprint density at radius 3 is 2.75 bits per heavy atom. The Balaban J connectivity index is 2.62. The Morgan fingerprint density at radius 1 is 1.25 bits per heavy atom. The van der Waals surface area contributed by atoms with E-state index in [2.05, 4.69) is 19.9 Å². The van der Waals surface area contributed by atoms with E-state index in [1.807, 2.05) is 12.1 Å². The molecule has 0 spiro atoms. The standard InChI is InChI=1S/C11H11F/c1-11(2)6-5-8-7-9(12)3-4-10(8)11/h3-7H,1-2H3. The van der Waals surface area contributed by atoms with Gasteiger partial charge in [0.05, 0.1) is 0 Å². The van der Waals surface area contributed by atoms with Crippen molar-refractivity contribution in [3.63, 3.8) is 0 Å². The van der Waals surface area contributed by atoms with Crippen molar-refractivity contribution in [3.8, 4) is 0 Å². The first kappa shape index (κ1) is 7.53. The van der Waals surface area contributed by atoms with Crippen LogP contribution in [0.3, 0.4) is 0 Å². The van der Waals surface area contributed by atoms with Crippen LogP contribution in [0.4, 0.5) is 4.39 Å². The third kappa shape index (κ3) is 0.970. The number of benzene rings is 1. The van der Waals surface area contributed by atoms with Gasteiger partial charge in [-0.05, 0) is 23.3 Å². The van der Waals surface area contributed by atoms with Gasteiger partial charge in [-0.15, -0.1) is 0 Å². The van der Waals surface area contributed by atoms with Crippen LogP contribution in [0.25, 0.3) is 6.08 Å². The molecule has 1 heteroatoms. The molecule has 0 unspecified atom stereocenters. The Bertz CT molecular complexity index is 348. The molecule has 12 heavy (non-hydrogen) atoms. The highest BCUT2D eigenvalue weighted by atomic mass is 19.1. The van der Waals surface area contributed by atoms with Crippen molar-refractivity contribution in [2.24, 2.45) is 0 Å². The molecule has 0 bridgehead atoms. The van der Waals surface area contributed by atoms with Gasteiger partial charge in [-0.2, -0.15) is 0 Å². The summed E-state index contributed by atoms with van der Waals surface area (Å²) in [5, 5.41) is 0. The molecule has 0 fully saturated rings. The highest BCUT2D eigenvalue weighted by molar-refractivity contribution is 5.64. The fraction of sp³-hybridized carbons (Fsp3) is 0.273. The Labute approximate surface area is 71.7 Å². The van der Waals surface area contributed by atoms with Gasteiger partial charge in [0.1, 0.15) is 5.82 Å². The van der Waals surface area contributed by atoms with Crippen LogP contribution in [0.1, 0.15) is 25.0 Å². The summed E-state index contributed by atoms with van der Waals surface area (Å²) < 4.78 is 12.8. The van der Waals surface area contributed by atoms with Crippen molar-refractivity contribution >= 4 is 6.08 Å². The normalized spacial score (nSPS) is 17.9. The van der Waals surface area contributed by atoms with Crippen molar-refractivity contribution in [3.05, 3.63) is 41.2 Å². The lowest BCUT2D eigenvalue weighted by atomic mass is 9.87. The summed E-state index contributed by atoms with van der Waals surface area (Å²) in [6, 6.07) is 4.97. The van der Waals surface area contributed by atoms with E-state index in [9.17, 15) is 4.39 Å². The number of hydrogen-bond acceptors (Lipinski definition) is 0. The lowest BCUT2D eigenvalue weighted by Gasteiger charge is -2.17. The van der Waals surface area contributed by atoms with E-state index in [0.717, 1.165) is 5.56 Å². The topological polar surface area (TPSA) is 0 Å². The van der Waals surface area contributed by atoms with Crippen molar-refractivity contribution in [1.82, 2.24) is 0 Å². The summed E-state index contributed by atoms with van der Waals surface area (Å²) >= 11 is 0. The van der Waals surface area contributed by atoms with Crippen LogP contribution in [-0.4, -0.2) is 0 Å². The van der Waals surface area contributed by atoms with Gasteiger partial charge in [-0.1, -0.05) is 32.1 Å². The third-order valence-corrected chi connectivity index (χ3v) is 2.39. The maximum Gasteiger partial charge on any atom is 0.123 e. The Hall–Kier alpha value is -1.11. The smallest absolute Gasteiger partial charge is 0.123 e. The number of rotatable bonds is 0. The summed E-state index contributed by atoms with van der Waals surface area (Å²) in [5.74, 6) is -0.156. The second-order valence-electron chi connectivity index (χ2n) is 3.79. The van der Waals surface area contributed by atoms with Gasteiger partial charge < -0.3 is 0 Å². The number of allylic oxidation sites excluding steroid dienone is 1. The molecule has 0 N–H and O–H groups in total. The molecule has 0 amide bonds. The second kappa shape index (κ2) is 2.19. The summed E-state index contributed by atoms with van der Waals surface area (Å²) in [7, 11) is 0. The van der Waals surface area contributed by atoms with Crippen LogP contribution in [-0.2, 0) is 5.41 Å². The highest BCUT2D eigenvalue weighted by Gasteiger charge is 2.24. The summed E-state index contributed by atoms with van der Waals surface area (Å²) in [5.41, 5.74) is 2.30. The molecule has 1 aromatic rings. The van der Waals surface area contributed by atoms with Gasteiger partial charge in [0.2, 0.25) is 0 Å². The molecule has 62 valence electrons. The number of fused-ring (bicyclic) bond motifs is 1. The van der Waals surface area contributed by atoms with Gasteiger partial charge in [-0.25, -0.2) is 4.39 Å². The summed E-state index contributed by atoms with van der Waals surface area (Å²) in [6.45, 7) is 4.26. The van der Waals surface area contributed by atoms with E-state index in [1.54, 1.807) is 6.07 Å². The van der Waals surface area contributed by atoms with Crippen LogP contribution in [0.5, 0.6) is 0 Å². The summed E-state index contributed by atoms with van der Waals surface area (Å²) in [4.78, 5) is 0. The van der Waals surface area contributed by atoms with E-state index >= 15 is 0 Å². The van der Waals surface area contributed by atoms with E-state index in [-0.39, 0.29) is 11.2 Å². The van der Waals surface area contributed by atoms with Gasteiger partial charge in [0.15, 0.2) is 0 Å². The molecule has 0 saturated heterocycles. The molecule has 0 aliphatic heterocycles. The first-order valence-corrected chi connectivity index (χ1v) is 4.09. The minimum Gasteiger partial charge on any atom is -0.207 e. The van der Waals surface area contributed by atoms with E-state index in [1.165, 1.54) is 11.6 Å².